The highest BCUT2D eigenvalue weighted by Gasteiger charge is 2.27. The highest BCUT2D eigenvalue weighted by Crippen LogP contribution is 2.29. The fourth-order valence-electron chi connectivity index (χ4n) is 2.59. The Kier molecular flexibility index (Phi) is 4.06. The summed E-state index contributed by atoms with van der Waals surface area (Å²) < 4.78 is 5.65. The van der Waals surface area contributed by atoms with Gasteiger partial charge >= 0.3 is 0 Å². The maximum atomic E-state index is 5.65. The van der Waals surface area contributed by atoms with E-state index in [0.29, 0.717) is 5.54 Å². The zero-order valence-corrected chi connectivity index (χ0v) is 11.0. The van der Waals surface area contributed by atoms with Crippen molar-refractivity contribution in [1.29, 1.82) is 0 Å². The van der Waals surface area contributed by atoms with Crippen molar-refractivity contribution in [2.45, 2.75) is 51.6 Å². The first-order chi connectivity index (χ1) is 8.23. The van der Waals surface area contributed by atoms with E-state index in [1.54, 1.807) is 0 Å². The van der Waals surface area contributed by atoms with E-state index in [4.69, 9.17) is 4.74 Å². The van der Waals surface area contributed by atoms with Gasteiger partial charge in [0.25, 0.3) is 0 Å². The first-order valence-electron chi connectivity index (χ1n) is 6.69. The molecule has 0 unspecified atom stereocenters. The number of nitrogens with one attached hydrogen (secondary N) is 1. The number of hydrogen-bond donors (Lipinski definition) is 1. The lowest BCUT2D eigenvalue weighted by molar-refractivity contribution is 0.326. The van der Waals surface area contributed by atoms with Crippen molar-refractivity contribution >= 4 is 0 Å². The van der Waals surface area contributed by atoms with Crippen LogP contribution in [-0.2, 0) is 6.54 Å². The highest BCUT2D eigenvalue weighted by molar-refractivity contribution is 5.33. The lowest BCUT2D eigenvalue weighted by atomic mass is 10.0. The smallest absolute Gasteiger partial charge is 0.123 e. The van der Waals surface area contributed by atoms with Gasteiger partial charge in [-0.15, -0.1) is 0 Å². The molecule has 17 heavy (non-hydrogen) atoms. The largest absolute Gasteiger partial charge is 0.494 e. The fraction of sp³-hybridized carbons (Fsp3) is 0.600. The van der Waals surface area contributed by atoms with Gasteiger partial charge in [0.15, 0.2) is 0 Å². The molecule has 1 aliphatic carbocycles. The van der Waals surface area contributed by atoms with Gasteiger partial charge in [0.05, 0.1) is 6.61 Å². The van der Waals surface area contributed by atoms with Crippen LogP contribution < -0.4 is 10.1 Å². The molecule has 1 fully saturated rings. The Morgan fingerprint density at radius 1 is 1.24 bits per heavy atom. The third-order valence-electron chi connectivity index (χ3n) is 3.69. The van der Waals surface area contributed by atoms with Crippen LogP contribution in [0.4, 0.5) is 0 Å². The zero-order valence-electron chi connectivity index (χ0n) is 11.0. The van der Waals surface area contributed by atoms with E-state index >= 15 is 0 Å². The molecular formula is C15H23NO. The average molecular weight is 233 g/mol. The molecule has 0 saturated heterocycles. The molecule has 0 radical (unpaired) electrons. The third kappa shape index (κ3) is 3.22. The summed E-state index contributed by atoms with van der Waals surface area (Å²) in [5, 5.41) is 3.69. The van der Waals surface area contributed by atoms with Gasteiger partial charge in [0.1, 0.15) is 5.75 Å². The predicted octanol–water partition coefficient (Wildman–Crippen LogP) is 3.51. The second kappa shape index (κ2) is 5.54. The van der Waals surface area contributed by atoms with Crippen molar-refractivity contribution in [3.8, 4) is 5.75 Å². The SMILES string of the molecule is CCOc1ccccc1CNC1(C)CCCC1. The van der Waals surface area contributed by atoms with Crippen molar-refractivity contribution < 1.29 is 4.74 Å². The Hall–Kier alpha value is -1.02. The average Bonchev–Trinajstić information content (AvgIpc) is 2.76. The molecule has 0 bridgehead atoms. The number of rotatable bonds is 5. The fourth-order valence-corrected chi connectivity index (χ4v) is 2.59. The molecule has 94 valence electrons. The van der Waals surface area contributed by atoms with Gasteiger partial charge in [-0.2, -0.15) is 0 Å². The van der Waals surface area contributed by atoms with Gasteiger partial charge in [-0.1, -0.05) is 31.0 Å². The minimum absolute atomic E-state index is 0.333. The van der Waals surface area contributed by atoms with Crippen LogP contribution in [0.1, 0.15) is 45.1 Å². The molecule has 1 N–H and O–H groups in total. The van der Waals surface area contributed by atoms with Gasteiger partial charge in [0.2, 0.25) is 0 Å². The van der Waals surface area contributed by atoms with E-state index < -0.39 is 0 Å². The summed E-state index contributed by atoms with van der Waals surface area (Å²) >= 11 is 0. The highest BCUT2D eigenvalue weighted by atomic mass is 16.5. The minimum Gasteiger partial charge on any atom is -0.494 e. The maximum absolute atomic E-state index is 5.65. The van der Waals surface area contributed by atoms with Crippen LogP contribution >= 0.6 is 0 Å². The first kappa shape index (κ1) is 12.4. The van der Waals surface area contributed by atoms with Crippen LogP contribution in [0.3, 0.4) is 0 Å². The Morgan fingerprint density at radius 3 is 2.65 bits per heavy atom. The zero-order chi connectivity index (χ0) is 12.1. The standard InChI is InChI=1S/C15H23NO/c1-3-17-14-9-5-4-8-13(14)12-16-15(2)10-6-7-11-15/h4-5,8-9,16H,3,6-7,10-12H2,1-2H3. The molecule has 0 amide bonds. The van der Waals surface area contributed by atoms with Crippen molar-refractivity contribution in [2.75, 3.05) is 6.61 Å². The number of benzene rings is 1. The molecule has 2 rings (SSSR count). The molecule has 0 atom stereocenters. The molecule has 0 aromatic heterocycles. The summed E-state index contributed by atoms with van der Waals surface area (Å²) in [7, 11) is 0. The van der Waals surface area contributed by atoms with Gasteiger partial charge in [-0.05, 0) is 32.8 Å². The molecule has 1 aromatic carbocycles. The van der Waals surface area contributed by atoms with E-state index in [0.717, 1.165) is 18.9 Å². The van der Waals surface area contributed by atoms with Gasteiger partial charge in [-0.25, -0.2) is 0 Å². The first-order valence-corrected chi connectivity index (χ1v) is 6.69. The molecular weight excluding hydrogens is 210 g/mol. The molecule has 2 nitrogen and oxygen atoms in total. The Bertz CT molecular complexity index is 356. The number of ether oxygens (including phenoxy) is 1. The van der Waals surface area contributed by atoms with E-state index in [1.807, 2.05) is 13.0 Å². The van der Waals surface area contributed by atoms with Gasteiger partial charge in [0, 0.05) is 17.6 Å². The van der Waals surface area contributed by atoms with Crippen LogP contribution in [0.25, 0.3) is 0 Å². The second-order valence-electron chi connectivity index (χ2n) is 5.16. The summed E-state index contributed by atoms with van der Waals surface area (Å²) in [6.45, 7) is 6.01. The summed E-state index contributed by atoms with van der Waals surface area (Å²) in [5.74, 6) is 1.02. The van der Waals surface area contributed by atoms with Crippen molar-refractivity contribution in [2.24, 2.45) is 0 Å². The van der Waals surface area contributed by atoms with E-state index in [9.17, 15) is 0 Å². The van der Waals surface area contributed by atoms with Gasteiger partial charge < -0.3 is 10.1 Å². The normalized spacial score (nSPS) is 18.2. The molecule has 0 spiro atoms. The van der Waals surface area contributed by atoms with E-state index in [2.05, 4.69) is 30.4 Å². The number of hydrogen-bond acceptors (Lipinski definition) is 2. The van der Waals surface area contributed by atoms with Crippen LogP contribution in [0.15, 0.2) is 24.3 Å². The Labute approximate surface area is 104 Å². The molecule has 1 aliphatic rings. The molecule has 0 aliphatic heterocycles. The summed E-state index contributed by atoms with van der Waals surface area (Å²) in [4.78, 5) is 0. The van der Waals surface area contributed by atoms with Crippen LogP contribution in [-0.4, -0.2) is 12.1 Å². The molecule has 1 aromatic rings. The molecule has 1 saturated carbocycles. The summed E-state index contributed by atoms with van der Waals surface area (Å²) in [5.41, 5.74) is 1.60. The van der Waals surface area contributed by atoms with Crippen molar-refractivity contribution in [3.05, 3.63) is 29.8 Å². The topological polar surface area (TPSA) is 21.3 Å². The van der Waals surface area contributed by atoms with Crippen molar-refractivity contribution in [3.63, 3.8) is 0 Å². The maximum Gasteiger partial charge on any atom is 0.123 e. The van der Waals surface area contributed by atoms with Crippen LogP contribution in [0.5, 0.6) is 5.75 Å². The summed E-state index contributed by atoms with van der Waals surface area (Å²) in [6.07, 6.45) is 5.31. The molecule has 0 heterocycles. The summed E-state index contributed by atoms with van der Waals surface area (Å²) in [6, 6.07) is 8.32. The Morgan fingerprint density at radius 2 is 1.94 bits per heavy atom. The third-order valence-corrected chi connectivity index (χ3v) is 3.69. The van der Waals surface area contributed by atoms with Crippen molar-refractivity contribution in [1.82, 2.24) is 5.32 Å². The number of para-hydroxylation sites is 1. The monoisotopic (exact) mass is 233 g/mol. The lowest BCUT2D eigenvalue weighted by Gasteiger charge is -2.26. The quantitative estimate of drug-likeness (QED) is 0.840. The van der Waals surface area contributed by atoms with Crippen LogP contribution in [0, 0.1) is 0 Å². The van der Waals surface area contributed by atoms with Crippen LogP contribution in [0.2, 0.25) is 0 Å². The predicted molar refractivity (Wildman–Crippen MR) is 71.3 cm³/mol. The Balaban J connectivity index is 1.98. The van der Waals surface area contributed by atoms with Gasteiger partial charge in [-0.3, -0.25) is 0 Å². The second-order valence-corrected chi connectivity index (χ2v) is 5.16. The minimum atomic E-state index is 0.333. The van der Waals surface area contributed by atoms with E-state index in [1.165, 1.54) is 31.2 Å². The van der Waals surface area contributed by atoms with E-state index in [-0.39, 0.29) is 0 Å². The molecule has 2 heteroatoms. The lowest BCUT2D eigenvalue weighted by Crippen LogP contribution is -2.38.